The maximum Gasteiger partial charge on any atom is 0.407 e. The second-order valence-electron chi connectivity index (χ2n) is 9.04. The summed E-state index contributed by atoms with van der Waals surface area (Å²) in [4.78, 5) is 58.8. The Balaban J connectivity index is 2.00. The number of alkyl carbamates (subject to hydrolysis) is 1. The molecule has 0 aliphatic rings. The number of aliphatic hydroxyl groups excluding tert-OH is 1. The summed E-state index contributed by atoms with van der Waals surface area (Å²) in [6.45, 7) is 2.44. The third kappa shape index (κ3) is 10.2. The van der Waals surface area contributed by atoms with Gasteiger partial charge in [-0.3, -0.25) is 4.79 Å². The summed E-state index contributed by atoms with van der Waals surface area (Å²) >= 11 is 6.05. The molecule has 0 spiro atoms. The van der Waals surface area contributed by atoms with E-state index in [2.05, 4.69) is 15.4 Å². The van der Waals surface area contributed by atoms with Crippen LogP contribution in [0.2, 0.25) is 5.02 Å². The molecular formula is C27H31ClN2O10. The topological polar surface area (TPSA) is 178 Å². The number of rotatable bonds is 12. The van der Waals surface area contributed by atoms with Crippen molar-refractivity contribution in [1.82, 2.24) is 10.6 Å². The minimum atomic E-state index is -1.78. The highest BCUT2D eigenvalue weighted by Crippen LogP contribution is 2.23. The van der Waals surface area contributed by atoms with Crippen LogP contribution in [0.4, 0.5) is 4.79 Å². The van der Waals surface area contributed by atoms with Gasteiger partial charge in [0.05, 0.1) is 7.11 Å². The number of methoxy groups -OCH3 is 1. The average molecular weight is 579 g/mol. The predicted octanol–water partition coefficient (Wildman–Crippen LogP) is 2.29. The normalized spacial score (nSPS) is 12.9. The van der Waals surface area contributed by atoms with Crippen LogP contribution in [0.25, 0.3) is 11.1 Å². The fraction of sp³-hybridized carbons (Fsp3) is 0.370. The van der Waals surface area contributed by atoms with Crippen LogP contribution in [0.15, 0.2) is 48.5 Å². The van der Waals surface area contributed by atoms with Crippen LogP contribution >= 0.6 is 11.6 Å². The molecule has 216 valence electrons. The minimum absolute atomic E-state index is 0.0867. The number of esters is 2. The molecule has 0 fully saturated rings. The van der Waals surface area contributed by atoms with Crippen molar-refractivity contribution in [2.45, 2.75) is 44.9 Å². The van der Waals surface area contributed by atoms with E-state index in [9.17, 15) is 29.1 Å². The Kier molecular flexibility index (Phi) is 12.4. The Morgan fingerprint density at radius 3 is 2.15 bits per heavy atom. The van der Waals surface area contributed by atoms with E-state index in [1.54, 1.807) is 38.1 Å². The molecule has 0 saturated carbocycles. The zero-order chi connectivity index (χ0) is 29.8. The maximum absolute atomic E-state index is 12.3. The first-order chi connectivity index (χ1) is 18.9. The van der Waals surface area contributed by atoms with E-state index in [-0.39, 0.29) is 18.8 Å². The van der Waals surface area contributed by atoms with Crippen LogP contribution in [-0.4, -0.2) is 72.2 Å². The lowest BCUT2D eigenvalue weighted by Crippen LogP contribution is -2.45. The molecular weight excluding hydrogens is 548 g/mol. The molecule has 0 bridgehead atoms. The van der Waals surface area contributed by atoms with Crippen molar-refractivity contribution in [3.8, 4) is 11.1 Å². The molecule has 0 heterocycles. The first-order valence-corrected chi connectivity index (χ1v) is 12.5. The monoisotopic (exact) mass is 578 g/mol. The molecule has 0 unspecified atom stereocenters. The molecule has 0 aliphatic carbocycles. The Bertz CT molecular complexity index is 1200. The smallest absolute Gasteiger partial charge is 0.407 e. The van der Waals surface area contributed by atoms with Crippen LogP contribution in [0.5, 0.6) is 0 Å². The Hall–Kier alpha value is -4.16. The molecule has 2 aromatic carbocycles. The number of carboxylic acid groups (broad SMARTS) is 1. The summed E-state index contributed by atoms with van der Waals surface area (Å²) in [5.41, 5.74) is 2.44. The largest absolute Gasteiger partial charge is 0.474 e. The Labute approximate surface area is 235 Å². The zero-order valence-corrected chi connectivity index (χ0v) is 22.8. The summed E-state index contributed by atoms with van der Waals surface area (Å²) in [6.07, 6.45) is -2.93. The molecule has 12 nitrogen and oxygen atoms in total. The molecule has 3 atom stereocenters. The number of carbonyl (C=O) groups excluding carboxylic acids is 4. The molecule has 0 saturated heterocycles. The SMILES string of the molecule is COC(=O)N[C@H](C(=O)OCOC(=O)[C@H](O)C[C@@H](Cc1ccc(-c2cccc(Cl)c2)cc1)NC(=O)C(=O)O)C(C)C. The van der Waals surface area contributed by atoms with Crippen molar-refractivity contribution in [2.24, 2.45) is 5.92 Å². The van der Waals surface area contributed by atoms with Crippen LogP contribution in [0.1, 0.15) is 25.8 Å². The van der Waals surface area contributed by atoms with Crippen molar-refractivity contribution in [1.29, 1.82) is 0 Å². The average Bonchev–Trinajstić information content (AvgIpc) is 2.91. The summed E-state index contributed by atoms with van der Waals surface area (Å²) in [6, 6.07) is 12.4. The van der Waals surface area contributed by atoms with E-state index in [0.717, 1.165) is 18.2 Å². The summed E-state index contributed by atoms with van der Waals surface area (Å²) < 4.78 is 14.1. The maximum atomic E-state index is 12.3. The number of carboxylic acids is 1. The molecule has 13 heteroatoms. The molecule has 0 radical (unpaired) electrons. The van der Waals surface area contributed by atoms with Gasteiger partial charge in [-0.2, -0.15) is 0 Å². The fourth-order valence-electron chi connectivity index (χ4n) is 3.61. The number of hydrogen-bond acceptors (Lipinski definition) is 9. The van der Waals surface area contributed by atoms with Crippen LogP contribution in [0, 0.1) is 5.92 Å². The van der Waals surface area contributed by atoms with Gasteiger partial charge in [-0.25, -0.2) is 19.2 Å². The quantitative estimate of drug-likeness (QED) is 0.166. The number of hydrogen-bond donors (Lipinski definition) is 4. The molecule has 2 rings (SSSR count). The Morgan fingerprint density at radius 2 is 1.57 bits per heavy atom. The highest BCUT2D eigenvalue weighted by atomic mass is 35.5. The van der Waals surface area contributed by atoms with E-state index < -0.39 is 54.9 Å². The van der Waals surface area contributed by atoms with Crippen molar-refractivity contribution >= 4 is 41.5 Å². The number of ether oxygens (including phenoxy) is 3. The van der Waals surface area contributed by atoms with Crippen molar-refractivity contribution < 1.29 is 48.4 Å². The van der Waals surface area contributed by atoms with E-state index in [1.165, 1.54) is 0 Å². The van der Waals surface area contributed by atoms with E-state index in [0.29, 0.717) is 10.6 Å². The van der Waals surface area contributed by atoms with Crippen molar-refractivity contribution in [2.75, 3.05) is 13.9 Å². The van der Waals surface area contributed by atoms with Crippen molar-refractivity contribution in [3.63, 3.8) is 0 Å². The van der Waals surface area contributed by atoms with Crippen LogP contribution in [0.3, 0.4) is 0 Å². The third-order valence-corrected chi connectivity index (χ3v) is 5.92. The van der Waals surface area contributed by atoms with Crippen LogP contribution < -0.4 is 10.6 Å². The number of benzene rings is 2. The van der Waals surface area contributed by atoms with Gasteiger partial charge in [0.2, 0.25) is 6.79 Å². The minimum Gasteiger partial charge on any atom is -0.474 e. The Morgan fingerprint density at radius 1 is 0.925 bits per heavy atom. The first kappa shape index (κ1) is 32.1. The molecule has 2 amide bonds. The van der Waals surface area contributed by atoms with E-state index >= 15 is 0 Å². The van der Waals surface area contributed by atoms with Gasteiger partial charge in [-0.15, -0.1) is 0 Å². The highest BCUT2D eigenvalue weighted by Gasteiger charge is 2.28. The van der Waals surface area contributed by atoms with Gasteiger partial charge in [-0.1, -0.05) is 61.8 Å². The second-order valence-corrected chi connectivity index (χ2v) is 9.48. The molecule has 40 heavy (non-hydrogen) atoms. The summed E-state index contributed by atoms with van der Waals surface area (Å²) in [5, 5.41) is 24.5. The van der Waals surface area contributed by atoms with Crippen LogP contribution in [-0.2, 0) is 39.8 Å². The number of aliphatic carboxylic acids is 1. The second kappa shape index (κ2) is 15.4. The number of amides is 2. The summed E-state index contributed by atoms with van der Waals surface area (Å²) in [7, 11) is 1.13. The fourth-order valence-corrected chi connectivity index (χ4v) is 3.80. The highest BCUT2D eigenvalue weighted by molar-refractivity contribution is 6.31. The number of carbonyl (C=O) groups is 5. The number of halogens is 1. The predicted molar refractivity (Wildman–Crippen MR) is 142 cm³/mol. The van der Waals surface area contributed by atoms with Crippen molar-refractivity contribution in [3.05, 3.63) is 59.1 Å². The molecule has 4 N–H and O–H groups in total. The van der Waals surface area contributed by atoms with Gasteiger partial charge in [0.25, 0.3) is 0 Å². The third-order valence-electron chi connectivity index (χ3n) is 5.69. The van der Waals surface area contributed by atoms with Gasteiger partial charge < -0.3 is 35.1 Å². The zero-order valence-electron chi connectivity index (χ0n) is 22.1. The lowest BCUT2D eigenvalue weighted by atomic mass is 9.98. The molecule has 2 aromatic rings. The molecule has 0 aromatic heterocycles. The summed E-state index contributed by atoms with van der Waals surface area (Å²) in [5.74, 6) is -5.47. The lowest BCUT2D eigenvalue weighted by Gasteiger charge is -2.21. The van der Waals surface area contributed by atoms with E-state index in [4.69, 9.17) is 26.2 Å². The first-order valence-electron chi connectivity index (χ1n) is 12.2. The van der Waals surface area contributed by atoms with Gasteiger partial charge in [0.15, 0.2) is 6.10 Å². The van der Waals surface area contributed by atoms with Gasteiger partial charge in [0, 0.05) is 17.5 Å². The van der Waals surface area contributed by atoms with Gasteiger partial charge >= 0.3 is 29.9 Å². The number of nitrogens with one attached hydrogen (secondary N) is 2. The van der Waals surface area contributed by atoms with Gasteiger partial charge in [-0.05, 0) is 41.2 Å². The number of aliphatic hydroxyl groups is 1. The standard InChI is InChI=1S/C27H31ClN2O10/c1-15(2)22(30-27(37)38-3)26(36)40-14-39-25(35)21(31)13-20(29-23(32)24(33)34)11-16-7-9-17(10-8-16)18-5-4-6-19(28)12-18/h4-10,12,15,20-22,31H,11,13-14H2,1-3H3,(H,29,32)(H,30,37)(H,33,34)/t20-,21-,22+/m1/s1. The lowest BCUT2D eigenvalue weighted by molar-refractivity contribution is -0.175. The van der Waals surface area contributed by atoms with E-state index in [1.807, 2.05) is 24.3 Å². The molecule has 0 aliphatic heterocycles. The van der Waals surface area contributed by atoms with Gasteiger partial charge in [0.1, 0.15) is 6.04 Å².